The Balaban J connectivity index is 1.80. The van der Waals surface area contributed by atoms with Gasteiger partial charge >= 0.3 is 6.09 Å². The second-order valence-corrected chi connectivity index (χ2v) is 11.7. The van der Waals surface area contributed by atoms with Gasteiger partial charge in [0.05, 0.1) is 19.8 Å². The minimum atomic E-state index is -2.03. The zero-order chi connectivity index (χ0) is 34.5. The van der Waals surface area contributed by atoms with E-state index in [-0.39, 0.29) is 13.2 Å². The molecule has 2 heterocycles. The molecule has 1 unspecified atom stereocenters. The quantitative estimate of drug-likeness (QED) is 0.0819. The molecule has 0 radical (unpaired) electrons. The van der Waals surface area contributed by atoms with E-state index in [1.165, 1.54) is 0 Å². The van der Waals surface area contributed by atoms with Crippen molar-refractivity contribution in [3.05, 3.63) is 35.9 Å². The smallest absolute Gasteiger partial charge is 0.413 e. The molecule has 268 valence electrons. The fourth-order valence-corrected chi connectivity index (χ4v) is 5.53. The van der Waals surface area contributed by atoms with Crippen LogP contribution < -0.4 is 5.32 Å². The molecule has 0 aromatic heterocycles. The van der Waals surface area contributed by atoms with Gasteiger partial charge in [0.15, 0.2) is 12.5 Å². The highest BCUT2D eigenvalue weighted by Gasteiger charge is 2.53. The fraction of sp³-hybridized carbons (Fsp3) is 0.742. The van der Waals surface area contributed by atoms with E-state index in [2.05, 4.69) is 12.2 Å². The molecule has 2 aliphatic rings. The molecular formula is C31H50N2O14. The number of aliphatic hydroxyl groups is 8. The SMILES string of the molecule is CCCCCCCCNC(=O)[C@H](CO)N(C(=O)OCc1ccccc1)C1O[C@H](CO)[C@@H](O[C@@H]2O[C@H](CO)[C@H](O)[C@H](O)[C@H]2O)[C@H](O)[C@H]1O. The summed E-state index contributed by atoms with van der Waals surface area (Å²) in [7, 11) is 0. The fourth-order valence-electron chi connectivity index (χ4n) is 5.53. The number of hydrogen-bond donors (Lipinski definition) is 9. The number of carbonyl (C=O) groups is 2. The van der Waals surface area contributed by atoms with Crippen LogP contribution >= 0.6 is 0 Å². The highest BCUT2D eigenvalue weighted by atomic mass is 16.7. The summed E-state index contributed by atoms with van der Waals surface area (Å²) in [5, 5.41) is 85.6. The van der Waals surface area contributed by atoms with Crippen LogP contribution in [0, 0.1) is 0 Å². The molecule has 1 aromatic carbocycles. The Hall–Kier alpha value is -2.48. The van der Waals surface area contributed by atoms with E-state index in [1.54, 1.807) is 30.3 Å². The van der Waals surface area contributed by atoms with Crippen LogP contribution in [0.3, 0.4) is 0 Å². The minimum Gasteiger partial charge on any atom is -0.444 e. The zero-order valence-electron chi connectivity index (χ0n) is 26.5. The first-order valence-electron chi connectivity index (χ1n) is 16.0. The van der Waals surface area contributed by atoms with Gasteiger partial charge in [-0.3, -0.25) is 9.69 Å². The van der Waals surface area contributed by atoms with Gasteiger partial charge in [0.2, 0.25) is 5.91 Å². The van der Waals surface area contributed by atoms with E-state index >= 15 is 0 Å². The molecule has 47 heavy (non-hydrogen) atoms. The molecule has 0 spiro atoms. The van der Waals surface area contributed by atoms with Gasteiger partial charge in [0.25, 0.3) is 0 Å². The first-order valence-corrected chi connectivity index (χ1v) is 16.0. The van der Waals surface area contributed by atoms with Crippen molar-refractivity contribution in [2.75, 3.05) is 26.4 Å². The third-order valence-electron chi connectivity index (χ3n) is 8.31. The van der Waals surface area contributed by atoms with Gasteiger partial charge in [-0.15, -0.1) is 0 Å². The number of aliphatic hydroxyl groups excluding tert-OH is 8. The van der Waals surface area contributed by atoms with Crippen molar-refractivity contribution in [1.82, 2.24) is 10.2 Å². The molecule has 1 aromatic rings. The van der Waals surface area contributed by atoms with Crippen molar-refractivity contribution in [2.45, 2.75) is 119 Å². The molecular weight excluding hydrogens is 624 g/mol. The predicted molar refractivity (Wildman–Crippen MR) is 162 cm³/mol. The van der Waals surface area contributed by atoms with E-state index in [0.29, 0.717) is 16.9 Å². The molecule has 11 atom stereocenters. The van der Waals surface area contributed by atoms with Gasteiger partial charge in [-0.25, -0.2) is 4.79 Å². The van der Waals surface area contributed by atoms with Gasteiger partial charge < -0.3 is 65.1 Å². The summed E-state index contributed by atoms with van der Waals surface area (Å²) < 4.78 is 22.1. The maximum atomic E-state index is 13.5. The van der Waals surface area contributed by atoms with Crippen molar-refractivity contribution in [1.29, 1.82) is 0 Å². The molecule has 0 saturated carbocycles. The lowest BCUT2D eigenvalue weighted by atomic mass is 9.95. The molecule has 2 amide bonds. The lowest BCUT2D eigenvalue weighted by Gasteiger charge is -2.48. The van der Waals surface area contributed by atoms with Crippen LogP contribution in [0.4, 0.5) is 4.79 Å². The molecule has 2 saturated heterocycles. The van der Waals surface area contributed by atoms with Crippen molar-refractivity contribution in [3.63, 3.8) is 0 Å². The van der Waals surface area contributed by atoms with Gasteiger partial charge in [-0.05, 0) is 12.0 Å². The molecule has 2 fully saturated rings. The van der Waals surface area contributed by atoms with Crippen LogP contribution in [0.1, 0.15) is 51.0 Å². The Kier molecular flexibility index (Phi) is 16.2. The number of carbonyl (C=O) groups excluding carboxylic acids is 2. The van der Waals surface area contributed by atoms with Crippen molar-refractivity contribution in [2.24, 2.45) is 0 Å². The Morgan fingerprint density at radius 1 is 0.830 bits per heavy atom. The zero-order valence-corrected chi connectivity index (χ0v) is 26.5. The number of nitrogens with zero attached hydrogens (tertiary/aromatic N) is 1. The van der Waals surface area contributed by atoms with E-state index in [4.69, 9.17) is 18.9 Å². The lowest BCUT2D eigenvalue weighted by molar-refractivity contribution is -0.348. The van der Waals surface area contributed by atoms with E-state index in [9.17, 15) is 50.4 Å². The summed E-state index contributed by atoms with van der Waals surface area (Å²) in [4.78, 5) is 27.5. The summed E-state index contributed by atoms with van der Waals surface area (Å²) in [5.41, 5.74) is 0.597. The van der Waals surface area contributed by atoms with Gasteiger partial charge in [-0.1, -0.05) is 69.4 Å². The second-order valence-electron chi connectivity index (χ2n) is 11.7. The average Bonchev–Trinajstić information content (AvgIpc) is 3.08. The molecule has 16 nitrogen and oxygen atoms in total. The Morgan fingerprint density at radius 3 is 2.13 bits per heavy atom. The first kappa shape index (κ1) is 39.0. The van der Waals surface area contributed by atoms with E-state index < -0.39 is 99.2 Å². The largest absolute Gasteiger partial charge is 0.444 e. The summed E-state index contributed by atoms with van der Waals surface area (Å²) >= 11 is 0. The summed E-state index contributed by atoms with van der Waals surface area (Å²) in [6.45, 7) is -0.436. The van der Waals surface area contributed by atoms with Crippen LogP contribution in [0.25, 0.3) is 0 Å². The number of ether oxygens (including phenoxy) is 4. The van der Waals surface area contributed by atoms with Crippen LogP contribution in [0.2, 0.25) is 0 Å². The number of amides is 2. The minimum absolute atomic E-state index is 0.245. The Morgan fingerprint density at radius 2 is 1.49 bits per heavy atom. The van der Waals surface area contributed by atoms with Gasteiger partial charge in [0.1, 0.15) is 61.5 Å². The third-order valence-corrected chi connectivity index (χ3v) is 8.31. The molecule has 9 N–H and O–H groups in total. The normalized spacial score (nSPS) is 31.6. The number of unbranched alkanes of at least 4 members (excludes halogenated alkanes) is 5. The maximum Gasteiger partial charge on any atom is 0.413 e. The highest BCUT2D eigenvalue weighted by molar-refractivity contribution is 5.86. The third kappa shape index (κ3) is 10.3. The summed E-state index contributed by atoms with van der Waals surface area (Å²) in [6, 6.07) is 6.93. The first-order chi connectivity index (χ1) is 22.6. The predicted octanol–water partition coefficient (Wildman–Crippen LogP) is -1.91. The lowest BCUT2D eigenvalue weighted by Crippen LogP contribution is -2.69. The van der Waals surface area contributed by atoms with Gasteiger partial charge in [-0.2, -0.15) is 0 Å². The number of hydrogen-bond acceptors (Lipinski definition) is 14. The molecule has 0 bridgehead atoms. The molecule has 2 aliphatic heterocycles. The molecule has 0 aliphatic carbocycles. The second kappa shape index (κ2) is 19.5. The maximum absolute atomic E-state index is 13.5. The van der Waals surface area contributed by atoms with E-state index in [0.717, 1.165) is 32.1 Å². The van der Waals surface area contributed by atoms with Crippen molar-refractivity contribution < 1.29 is 69.4 Å². The topological polar surface area (TPSA) is 248 Å². The van der Waals surface area contributed by atoms with Crippen LogP contribution in [0.5, 0.6) is 0 Å². The highest BCUT2D eigenvalue weighted by Crippen LogP contribution is 2.31. The van der Waals surface area contributed by atoms with Crippen LogP contribution in [-0.4, -0.2) is 152 Å². The van der Waals surface area contributed by atoms with Crippen molar-refractivity contribution >= 4 is 12.0 Å². The number of nitrogens with one attached hydrogen (secondary N) is 1. The van der Waals surface area contributed by atoms with Crippen LogP contribution in [-0.2, 0) is 30.3 Å². The Labute approximate surface area is 273 Å². The van der Waals surface area contributed by atoms with Gasteiger partial charge in [0, 0.05) is 6.54 Å². The Bertz CT molecular complexity index is 1070. The summed E-state index contributed by atoms with van der Waals surface area (Å²) in [5.74, 6) is -0.775. The number of rotatable bonds is 17. The number of benzene rings is 1. The van der Waals surface area contributed by atoms with Crippen LogP contribution in [0.15, 0.2) is 30.3 Å². The molecule has 16 heteroatoms. The monoisotopic (exact) mass is 674 g/mol. The summed E-state index contributed by atoms with van der Waals surface area (Å²) in [6.07, 6.45) is -12.9. The van der Waals surface area contributed by atoms with Crippen molar-refractivity contribution in [3.8, 4) is 0 Å². The standard InChI is InChI=1S/C31H50N2O14/c1-2-3-4-5-6-10-13-32-28(42)19(14-34)33(31(43)44-17-18-11-8-7-9-12-18)29-25(40)24(39)27(21(16-36)45-29)47-30-26(41)23(38)22(37)20(15-35)46-30/h7-9,11-12,19-27,29-30,34-41H,2-6,10,13-17H2,1H3,(H,32,42)/t19-,20+,21+,22-,23-,24+,25+,26+,27+,29?,30-/m0/s1. The average molecular weight is 675 g/mol. The van der Waals surface area contributed by atoms with E-state index in [1.807, 2.05) is 0 Å². The molecule has 3 rings (SSSR count).